The summed E-state index contributed by atoms with van der Waals surface area (Å²) < 4.78 is 6.35. The molecule has 0 N–H and O–H groups in total. The molecule has 2 nitrogen and oxygen atoms in total. The lowest BCUT2D eigenvalue weighted by Crippen LogP contribution is -2.34. The molecule has 1 aromatic rings. The zero-order chi connectivity index (χ0) is 14.2. The smallest absolute Gasteiger partial charge is 0.0754 e. The van der Waals surface area contributed by atoms with E-state index in [1.54, 1.807) is 0 Å². The Bertz CT molecular complexity index is 454. The minimum absolute atomic E-state index is 0. The fourth-order valence-electron chi connectivity index (χ4n) is 4.19. The third kappa shape index (κ3) is 3.39. The molecule has 1 aliphatic carbocycles. The number of benzene rings is 1. The third-order valence-corrected chi connectivity index (χ3v) is 5.15. The molecule has 2 unspecified atom stereocenters. The van der Waals surface area contributed by atoms with E-state index < -0.39 is 0 Å². The predicted octanol–water partition coefficient (Wildman–Crippen LogP) is 4.37. The summed E-state index contributed by atoms with van der Waals surface area (Å²) in [6, 6.07) is 8.43. The first-order valence-electron chi connectivity index (χ1n) is 7.65. The second kappa shape index (κ2) is 6.87. The Balaban J connectivity index is 0.00000161. The van der Waals surface area contributed by atoms with Gasteiger partial charge in [-0.1, -0.05) is 36.6 Å². The quantitative estimate of drug-likeness (QED) is 0.816. The van der Waals surface area contributed by atoms with Gasteiger partial charge < -0.3 is 9.64 Å². The number of nitrogens with zero attached hydrogens (tertiary/aromatic N) is 1. The summed E-state index contributed by atoms with van der Waals surface area (Å²) in [7, 11) is 4.30. The molecule has 1 aromatic carbocycles. The maximum atomic E-state index is 6.35. The van der Waals surface area contributed by atoms with Crippen molar-refractivity contribution >= 4 is 24.0 Å². The largest absolute Gasteiger partial charge is 0.374 e. The van der Waals surface area contributed by atoms with Crippen molar-refractivity contribution in [1.82, 2.24) is 4.90 Å². The van der Waals surface area contributed by atoms with Crippen LogP contribution < -0.4 is 0 Å². The van der Waals surface area contributed by atoms with Crippen LogP contribution in [0.1, 0.15) is 37.2 Å². The minimum Gasteiger partial charge on any atom is -0.374 e. The van der Waals surface area contributed by atoms with Crippen LogP contribution in [0.3, 0.4) is 0 Å². The highest BCUT2D eigenvalue weighted by Crippen LogP contribution is 2.52. The summed E-state index contributed by atoms with van der Waals surface area (Å²) in [6.07, 6.45) is 5.03. The molecule has 2 fully saturated rings. The molecule has 0 amide bonds. The van der Waals surface area contributed by atoms with Crippen molar-refractivity contribution < 1.29 is 4.74 Å². The fourth-order valence-corrected chi connectivity index (χ4v) is 4.32. The van der Waals surface area contributed by atoms with Gasteiger partial charge in [-0.3, -0.25) is 0 Å². The van der Waals surface area contributed by atoms with Crippen LogP contribution in [-0.2, 0) is 4.74 Å². The van der Waals surface area contributed by atoms with Crippen molar-refractivity contribution in [1.29, 1.82) is 0 Å². The van der Waals surface area contributed by atoms with E-state index in [0.29, 0.717) is 11.8 Å². The molecular formula is C17H25Cl2NO. The summed E-state index contributed by atoms with van der Waals surface area (Å²) in [5.41, 5.74) is 1.50. The molecule has 1 heterocycles. The Morgan fingerprint density at radius 1 is 1.19 bits per heavy atom. The van der Waals surface area contributed by atoms with Gasteiger partial charge in [0.1, 0.15) is 0 Å². The minimum atomic E-state index is 0. The van der Waals surface area contributed by atoms with Crippen LogP contribution in [-0.4, -0.2) is 37.7 Å². The molecule has 0 radical (unpaired) electrons. The van der Waals surface area contributed by atoms with Gasteiger partial charge >= 0.3 is 0 Å². The van der Waals surface area contributed by atoms with Crippen LogP contribution in [0.5, 0.6) is 0 Å². The highest BCUT2D eigenvalue weighted by atomic mass is 35.5. The van der Waals surface area contributed by atoms with Gasteiger partial charge in [0, 0.05) is 23.4 Å². The van der Waals surface area contributed by atoms with Crippen molar-refractivity contribution in [3.8, 4) is 0 Å². The van der Waals surface area contributed by atoms with Crippen LogP contribution in [0.25, 0.3) is 0 Å². The molecule has 1 aliphatic heterocycles. The Labute approximate surface area is 139 Å². The molecule has 1 saturated carbocycles. The number of halogens is 2. The monoisotopic (exact) mass is 329 g/mol. The number of hydrogen-bond acceptors (Lipinski definition) is 2. The SMILES string of the molecule is CN(C)CC1COC2(CCCC2)C1c1ccc(Cl)cc1.Cl. The van der Waals surface area contributed by atoms with E-state index in [4.69, 9.17) is 16.3 Å². The Morgan fingerprint density at radius 3 is 2.38 bits per heavy atom. The summed E-state index contributed by atoms with van der Waals surface area (Å²) in [5.74, 6) is 1.11. The lowest BCUT2D eigenvalue weighted by atomic mass is 9.75. The zero-order valence-corrected chi connectivity index (χ0v) is 14.4. The lowest BCUT2D eigenvalue weighted by Gasteiger charge is -2.33. The summed E-state index contributed by atoms with van der Waals surface area (Å²) >= 11 is 6.05. The van der Waals surface area contributed by atoms with E-state index in [2.05, 4.69) is 31.1 Å². The average molecular weight is 330 g/mol. The topological polar surface area (TPSA) is 12.5 Å². The van der Waals surface area contributed by atoms with Gasteiger partial charge in [-0.25, -0.2) is 0 Å². The number of ether oxygens (including phenoxy) is 1. The maximum Gasteiger partial charge on any atom is 0.0754 e. The molecule has 1 spiro atoms. The second-order valence-corrected chi connectivity index (χ2v) is 7.07. The normalized spacial score (nSPS) is 27.2. The standard InChI is InChI=1S/C17H24ClNO.ClH/c1-19(2)11-14-12-20-17(9-3-4-10-17)16(14)13-5-7-15(18)8-6-13;/h5-8,14,16H,3-4,9-12H2,1-2H3;1H. The molecule has 2 atom stereocenters. The van der Waals surface area contributed by atoms with E-state index in [0.717, 1.165) is 18.2 Å². The molecular weight excluding hydrogens is 305 g/mol. The van der Waals surface area contributed by atoms with Gasteiger partial charge in [0.05, 0.1) is 12.2 Å². The molecule has 21 heavy (non-hydrogen) atoms. The second-order valence-electron chi connectivity index (χ2n) is 6.63. The Hall–Kier alpha value is -0.280. The summed E-state index contributed by atoms with van der Waals surface area (Å²) in [6.45, 7) is 1.99. The van der Waals surface area contributed by atoms with E-state index >= 15 is 0 Å². The van der Waals surface area contributed by atoms with Gasteiger partial charge in [0.25, 0.3) is 0 Å². The molecule has 0 bridgehead atoms. The molecule has 0 aromatic heterocycles. The van der Waals surface area contributed by atoms with E-state index in [9.17, 15) is 0 Å². The maximum absolute atomic E-state index is 6.35. The first-order valence-corrected chi connectivity index (χ1v) is 8.03. The number of hydrogen-bond donors (Lipinski definition) is 0. The molecule has 2 aliphatic rings. The van der Waals surface area contributed by atoms with Crippen LogP contribution >= 0.6 is 24.0 Å². The molecule has 4 heteroatoms. The van der Waals surface area contributed by atoms with Crippen LogP contribution in [0.15, 0.2) is 24.3 Å². The first kappa shape index (κ1) is 17.1. The predicted molar refractivity (Wildman–Crippen MR) is 90.6 cm³/mol. The molecule has 1 saturated heterocycles. The fraction of sp³-hybridized carbons (Fsp3) is 0.647. The highest BCUT2D eigenvalue weighted by Gasteiger charge is 2.51. The third-order valence-electron chi connectivity index (χ3n) is 4.90. The van der Waals surface area contributed by atoms with Crippen molar-refractivity contribution in [3.63, 3.8) is 0 Å². The van der Waals surface area contributed by atoms with Gasteiger partial charge in [0.2, 0.25) is 0 Å². The van der Waals surface area contributed by atoms with E-state index in [1.165, 1.54) is 31.2 Å². The van der Waals surface area contributed by atoms with E-state index in [1.807, 2.05) is 12.1 Å². The van der Waals surface area contributed by atoms with Gasteiger partial charge in [0.15, 0.2) is 0 Å². The van der Waals surface area contributed by atoms with Crippen molar-refractivity contribution in [2.45, 2.75) is 37.2 Å². The summed E-state index contributed by atoms with van der Waals surface area (Å²) in [4.78, 5) is 2.28. The average Bonchev–Trinajstić information content (AvgIpc) is 3.00. The zero-order valence-electron chi connectivity index (χ0n) is 12.8. The lowest BCUT2D eigenvalue weighted by molar-refractivity contribution is 0.000210. The van der Waals surface area contributed by atoms with Crippen molar-refractivity contribution in [2.75, 3.05) is 27.2 Å². The number of rotatable bonds is 3. The van der Waals surface area contributed by atoms with Gasteiger partial charge in [-0.15, -0.1) is 12.4 Å². The Morgan fingerprint density at radius 2 is 1.81 bits per heavy atom. The van der Waals surface area contributed by atoms with Crippen molar-refractivity contribution in [2.24, 2.45) is 5.92 Å². The van der Waals surface area contributed by atoms with E-state index in [-0.39, 0.29) is 18.0 Å². The van der Waals surface area contributed by atoms with Crippen LogP contribution in [0.2, 0.25) is 5.02 Å². The summed E-state index contributed by atoms with van der Waals surface area (Å²) in [5, 5.41) is 0.817. The van der Waals surface area contributed by atoms with Crippen LogP contribution in [0.4, 0.5) is 0 Å². The van der Waals surface area contributed by atoms with Gasteiger partial charge in [-0.05, 0) is 44.6 Å². The molecule has 3 rings (SSSR count). The highest BCUT2D eigenvalue weighted by molar-refractivity contribution is 6.30. The van der Waals surface area contributed by atoms with Crippen molar-refractivity contribution in [3.05, 3.63) is 34.9 Å². The van der Waals surface area contributed by atoms with Crippen LogP contribution in [0, 0.1) is 5.92 Å². The first-order chi connectivity index (χ1) is 9.61. The Kier molecular flexibility index (Phi) is 5.59. The van der Waals surface area contributed by atoms with Gasteiger partial charge in [-0.2, -0.15) is 0 Å². The molecule has 118 valence electrons.